The van der Waals surface area contributed by atoms with Gasteiger partial charge in [-0.05, 0) is 46.3 Å². The molecule has 0 radical (unpaired) electrons. The van der Waals surface area contributed by atoms with Crippen molar-refractivity contribution in [2.24, 2.45) is 5.92 Å². The van der Waals surface area contributed by atoms with Gasteiger partial charge in [0.15, 0.2) is 0 Å². The lowest BCUT2D eigenvalue weighted by atomic mass is 10.1. The van der Waals surface area contributed by atoms with Crippen LogP contribution in [0.3, 0.4) is 0 Å². The third-order valence-corrected chi connectivity index (χ3v) is 4.41. The molecule has 1 atom stereocenters. The Morgan fingerprint density at radius 3 is 2.65 bits per heavy atom. The molecule has 3 rings (SSSR count). The highest BCUT2D eigenvalue weighted by atomic mass is 79.9. The molecule has 0 aromatic heterocycles. The van der Waals surface area contributed by atoms with Gasteiger partial charge in [0.2, 0.25) is 11.8 Å². The molecule has 0 spiro atoms. The molecule has 2 amide bonds. The van der Waals surface area contributed by atoms with Crippen LogP contribution in [-0.4, -0.2) is 18.4 Å². The van der Waals surface area contributed by atoms with Crippen LogP contribution in [0.5, 0.6) is 0 Å². The SMILES string of the molecule is O=C(Nc1ccc(F)cc1Br)C1CC(=O)N(c2ccccc2)C1. The number of amides is 2. The van der Waals surface area contributed by atoms with E-state index in [4.69, 9.17) is 0 Å². The van der Waals surface area contributed by atoms with E-state index in [0.717, 1.165) is 5.69 Å². The Labute approximate surface area is 141 Å². The molecule has 2 aromatic carbocycles. The number of rotatable bonds is 3. The molecule has 1 unspecified atom stereocenters. The predicted molar refractivity (Wildman–Crippen MR) is 89.6 cm³/mol. The van der Waals surface area contributed by atoms with Gasteiger partial charge in [0.05, 0.1) is 11.6 Å². The second-order valence-electron chi connectivity index (χ2n) is 5.35. The van der Waals surface area contributed by atoms with Gasteiger partial charge in [-0.15, -0.1) is 0 Å². The summed E-state index contributed by atoms with van der Waals surface area (Å²) in [6.45, 7) is 0.341. The molecule has 0 aliphatic carbocycles. The summed E-state index contributed by atoms with van der Waals surface area (Å²) in [5.74, 6) is -1.14. The number of hydrogen-bond acceptors (Lipinski definition) is 2. The molecule has 1 saturated heterocycles. The maximum Gasteiger partial charge on any atom is 0.229 e. The van der Waals surface area contributed by atoms with E-state index in [1.807, 2.05) is 30.3 Å². The Morgan fingerprint density at radius 1 is 1.22 bits per heavy atom. The Balaban J connectivity index is 1.71. The monoisotopic (exact) mass is 376 g/mol. The lowest BCUT2D eigenvalue weighted by Crippen LogP contribution is -2.28. The van der Waals surface area contributed by atoms with Gasteiger partial charge in [-0.3, -0.25) is 9.59 Å². The second kappa shape index (κ2) is 6.50. The van der Waals surface area contributed by atoms with E-state index in [1.165, 1.54) is 18.2 Å². The van der Waals surface area contributed by atoms with Gasteiger partial charge in [0.25, 0.3) is 0 Å². The molecule has 1 aliphatic rings. The van der Waals surface area contributed by atoms with Gasteiger partial charge < -0.3 is 10.2 Å². The maximum absolute atomic E-state index is 13.1. The summed E-state index contributed by atoms with van der Waals surface area (Å²) in [6.07, 6.45) is 0.166. The quantitative estimate of drug-likeness (QED) is 0.889. The zero-order chi connectivity index (χ0) is 16.4. The molecule has 118 valence electrons. The van der Waals surface area contributed by atoms with E-state index >= 15 is 0 Å². The number of benzene rings is 2. The van der Waals surface area contributed by atoms with Crippen molar-refractivity contribution < 1.29 is 14.0 Å². The zero-order valence-electron chi connectivity index (χ0n) is 12.1. The van der Waals surface area contributed by atoms with Crippen molar-refractivity contribution in [3.63, 3.8) is 0 Å². The van der Waals surface area contributed by atoms with Crippen LogP contribution < -0.4 is 10.2 Å². The van der Waals surface area contributed by atoms with Gasteiger partial charge in [-0.1, -0.05) is 18.2 Å². The molecule has 1 fully saturated rings. The van der Waals surface area contributed by atoms with Gasteiger partial charge in [-0.25, -0.2) is 4.39 Å². The highest BCUT2D eigenvalue weighted by molar-refractivity contribution is 9.10. The van der Waals surface area contributed by atoms with Crippen molar-refractivity contribution in [1.82, 2.24) is 0 Å². The molecule has 1 aliphatic heterocycles. The number of anilines is 2. The molecule has 0 saturated carbocycles. The largest absolute Gasteiger partial charge is 0.325 e. The van der Waals surface area contributed by atoms with Crippen LogP contribution in [0.1, 0.15) is 6.42 Å². The fourth-order valence-electron chi connectivity index (χ4n) is 2.57. The Morgan fingerprint density at radius 2 is 1.96 bits per heavy atom. The van der Waals surface area contributed by atoms with Crippen LogP contribution in [0.25, 0.3) is 0 Å². The summed E-state index contributed by atoms with van der Waals surface area (Å²) >= 11 is 3.21. The summed E-state index contributed by atoms with van der Waals surface area (Å²) < 4.78 is 13.5. The van der Waals surface area contributed by atoms with E-state index in [2.05, 4.69) is 21.2 Å². The number of hydrogen-bond donors (Lipinski definition) is 1. The van der Waals surface area contributed by atoms with Crippen molar-refractivity contribution in [1.29, 1.82) is 0 Å². The average Bonchev–Trinajstić information content (AvgIpc) is 2.93. The fraction of sp³-hybridized carbons (Fsp3) is 0.176. The summed E-state index contributed by atoms with van der Waals surface area (Å²) in [5.41, 5.74) is 1.28. The van der Waals surface area contributed by atoms with Gasteiger partial charge in [0.1, 0.15) is 5.82 Å². The van der Waals surface area contributed by atoms with Gasteiger partial charge in [0, 0.05) is 23.1 Å². The molecule has 23 heavy (non-hydrogen) atoms. The standard InChI is InChI=1S/C17H14BrFN2O2/c18-14-9-12(19)6-7-15(14)20-17(23)11-8-16(22)21(10-11)13-4-2-1-3-5-13/h1-7,9,11H,8,10H2,(H,20,23). The minimum Gasteiger partial charge on any atom is -0.325 e. The minimum absolute atomic E-state index is 0.0745. The second-order valence-corrected chi connectivity index (χ2v) is 6.21. The third kappa shape index (κ3) is 3.42. The Bertz CT molecular complexity index is 752. The highest BCUT2D eigenvalue weighted by Crippen LogP contribution is 2.28. The Kier molecular flexibility index (Phi) is 4.43. The van der Waals surface area contributed by atoms with Crippen LogP contribution in [-0.2, 0) is 9.59 Å². The van der Waals surface area contributed by atoms with Gasteiger partial charge in [-0.2, -0.15) is 0 Å². The average molecular weight is 377 g/mol. The molecular formula is C17H14BrFN2O2. The molecular weight excluding hydrogens is 363 g/mol. The van der Waals surface area contributed by atoms with E-state index < -0.39 is 5.92 Å². The van der Waals surface area contributed by atoms with Crippen molar-refractivity contribution in [3.8, 4) is 0 Å². The zero-order valence-corrected chi connectivity index (χ0v) is 13.7. The first kappa shape index (κ1) is 15.7. The molecule has 1 heterocycles. The lowest BCUT2D eigenvalue weighted by Gasteiger charge is -2.16. The topological polar surface area (TPSA) is 49.4 Å². The third-order valence-electron chi connectivity index (χ3n) is 3.75. The summed E-state index contributed by atoms with van der Waals surface area (Å²) in [4.78, 5) is 26.1. The van der Waals surface area contributed by atoms with E-state index in [-0.39, 0.29) is 24.1 Å². The number of halogens is 2. The summed E-state index contributed by atoms with van der Waals surface area (Å²) in [5, 5.41) is 2.74. The summed E-state index contributed by atoms with van der Waals surface area (Å²) in [6, 6.07) is 13.3. The molecule has 2 aromatic rings. The normalized spacial score (nSPS) is 17.4. The smallest absolute Gasteiger partial charge is 0.229 e. The van der Waals surface area contributed by atoms with Crippen molar-refractivity contribution in [2.45, 2.75) is 6.42 Å². The van der Waals surface area contributed by atoms with Gasteiger partial charge >= 0.3 is 0 Å². The van der Waals surface area contributed by atoms with E-state index in [0.29, 0.717) is 16.7 Å². The Hall–Kier alpha value is -2.21. The van der Waals surface area contributed by atoms with Crippen LogP contribution in [0.4, 0.5) is 15.8 Å². The van der Waals surface area contributed by atoms with Crippen molar-refractivity contribution in [2.75, 3.05) is 16.8 Å². The number of carbonyl (C=O) groups is 2. The van der Waals surface area contributed by atoms with E-state index in [1.54, 1.807) is 4.90 Å². The van der Waals surface area contributed by atoms with Crippen LogP contribution in [0.15, 0.2) is 53.0 Å². The summed E-state index contributed by atoms with van der Waals surface area (Å²) in [7, 11) is 0. The fourth-order valence-corrected chi connectivity index (χ4v) is 3.02. The molecule has 6 heteroatoms. The maximum atomic E-state index is 13.1. The molecule has 4 nitrogen and oxygen atoms in total. The first-order valence-electron chi connectivity index (χ1n) is 7.16. The van der Waals surface area contributed by atoms with Crippen LogP contribution in [0, 0.1) is 11.7 Å². The number of carbonyl (C=O) groups excluding carboxylic acids is 2. The van der Waals surface area contributed by atoms with Crippen molar-refractivity contribution >= 4 is 39.1 Å². The van der Waals surface area contributed by atoms with Crippen LogP contribution >= 0.6 is 15.9 Å². The minimum atomic E-state index is -0.431. The first-order chi connectivity index (χ1) is 11.0. The van der Waals surface area contributed by atoms with E-state index in [9.17, 15) is 14.0 Å². The number of para-hydroxylation sites is 1. The molecule has 0 bridgehead atoms. The highest BCUT2D eigenvalue weighted by Gasteiger charge is 2.35. The first-order valence-corrected chi connectivity index (χ1v) is 7.95. The van der Waals surface area contributed by atoms with Crippen molar-refractivity contribution in [3.05, 3.63) is 58.8 Å². The number of nitrogens with zero attached hydrogens (tertiary/aromatic N) is 1. The molecule has 1 N–H and O–H groups in total. The number of nitrogens with one attached hydrogen (secondary N) is 1. The van der Waals surface area contributed by atoms with Crippen LogP contribution in [0.2, 0.25) is 0 Å². The lowest BCUT2D eigenvalue weighted by molar-refractivity contribution is -0.122. The predicted octanol–water partition coefficient (Wildman–Crippen LogP) is 3.58.